The monoisotopic (exact) mass is 494 g/mol. The van der Waals surface area contributed by atoms with Crippen molar-refractivity contribution in [2.75, 3.05) is 20.2 Å². The number of hydrogen-bond donors (Lipinski definition) is 2. The third-order valence-electron chi connectivity index (χ3n) is 6.68. The van der Waals surface area contributed by atoms with Crippen molar-refractivity contribution in [1.29, 1.82) is 0 Å². The van der Waals surface area contributed by atoms with Crippen LogP contribution < -0.4 is 10.5 Å². The van der Waals surface area contributed by atoms with Crippen LogP contribution in [0.25, 0.3) is 23.1 Å². The molecule has 188 valence electrons. The first-order valence-corrected chi connectivity index (χ1v) is 11.5. The van der Waals surface area contributed by atoms with E-state index in [0.29, 0.717) is 35.2 Å². The molecule has 0 aliphatic heterocycles. The van der Waals surface area contributed by atoms with Gasteiger partial charge in [0.2, 0.25) is 11.8 Å². The summed E-state index contributed by atoms with van der Waals surface area (Å²) in [5, 5.41) is 14.8. The van der Waals surface area contributed by atoms with Gasteiger partial charge in [-0.25, -0.2) is 9.18 Å². The summed E-state index contributed by atoms with van der Waals surface area (Å²) in [6.45, 7) is 4.51. The number of ether oxygens (including phenoxy) is 1. The Morgan fingerprint density at radius 3 is 2.42 bits per heavy atom. The van der Waals surface area contributed by atoms with E-state index in [1.165, 1.54) is 25.3 Å². The van der Waals surface area contributed by atoms with Gasteiger partial charge in [-0.1, -0.05) is 18.2 Å². The van der Waals surface area contributed by atoms with Gasteiger partial charge in [-0.2, -0.15) is 5.10 Å². The van der Waals surface area contributed by atoms with Gasteiger partial charge >= 0.3 is 5.97 Å². The molecule has 2 amide bonds. The number of fused-ring (bicyclic) bond motifs is 1. The molecule has 2 atom stereocenters. The lowest BCUT2D eigenvalue weighted by Gasteiger charge is -2.24. The quantitative estimate of drug-likeness (QED) is 0.439. The molecule has 1 fully saturated rings. The number of nitrogens with zero attached hydrogens (tertiary/aromatic N) is 3. The lowest BCUT2D eigenvalue weighted by atomic mass is 10.0. The Kier molecular flexibility index (Phi) is 6.53. The molecular formula is C26H27FN4O5. The van der Waals surface area contributed by atoms with Crippen molar-refractivity contribution >= 4 is 40.8 Å². The van der Waals surface area contributed by atoms with E-state index in [1.54, 1.807) is 39.9 Å². The van der Waals surface area contributed by atoms with E-state index in [0.717, 1.165) is 0 Å². The average molecular weight is 495 g/mol. The zero-order chi connectivity index (χ0) is 26.2. The third kappa shape index (κ3) is 3.98. The summed E-state index contributed by atoms with van der Waals surface area (Å²) in [5.74, 6) is -2.53. The van der Waals surface area contributed by atoms with Gasteiger partial charge in [-0.05, 0) is 56.2 Å². The molecule has 10 heteroatoms. The first kappa shape index (κ1) is 24.9. The predicted molar refractivity (Wildman–Crippen MR) is 132 cm³/mol. The summed E-state index contributed by atoms with van der Waals surface area (Å²) in [6, 6.07) is 8.16. The third-order valence-corrected chi connectivity index (χ3v) is 6.68. The van der Waals surface area contributed by atoms with Crippen molar-refractivity contribution in [3.8, 4) is 5.75 Å². The molecule has 0 saturated heterocycles. The molecule has 9 nitrogen and oxygen atoms in total. The second kappa shape index (κ2) is 9.44. The molecule has 0 radical (unpaired) electrons. The van der Waals surface area contributed by atoms with Crippen LogP contribution in [-0.2, 0) is 9.59 Å². The van der Waals surface area contributed by atoms with E-state index in [4.69, 9.17) is 10.5 Å². The van der Waals surface area contributed by atoms with Gasteiger partial charge in [-0.15, -0.1) is 0 Å². The number of carboxylic acid groups (broad SMARTS) is 1. The molecule has 1 aliphatic carbocycles. The fourth-order valence-electron chi connectivity index (χ4n) is 4.65. The van der Waals surface area contributed by atoms with Crippen LogP contribution in [0.1, 0.15) is 47.9 Å². The number of amides is 2. The lowest BCUT2D eigenvalue weighted by molar-refractivity contribution is -0.143. The summed E-state index contributed by atoms with van der Waals surface area (Å²) in [4.78, 5) is 39.3. The fraction of sp³-hybridized carbons (Fsp3) is 0.308. The molecule has 36 heavy (non-hydrogen) atoms. The van der Waals surface area contributed by atoms with Gasteiger partial charge in [-0.3, -0.25) is 14.3 Å². The highest BCUT2D eigenvalue weighted by Gasteiger charge is 2.67. The van der Waals surface area contributed by atoms with E-state index < -0.39 is 23.3 Å². The van der Waals surface area contributed by atoms with Gasteiger partial charge in [0, 0.05) is 13.1 Å². The number of hydrogen-bond acceptors (Lipinski definition) is 5. The van der Waals surface area contributed by atoms with Crippen molar-refractivity contribution in [3.05, 3.63) is 59.0 Å². The average Bonchev–Trinajstić information content (AvgIpc) is 3.52. The molecule has 0 bridgehead atoms. The Labute approximate surface area is 206 Å². The van der Waals surface area contributed by atoms with Crippen molar-refractivity contribution in [3.63, 3.8) is 0 Å². The number of carbonyl (C=O) groups is 3. The van der Waals surface area contributed by atoms with Gasteiger partial charge < -0.3 is 20.5 Å². The molecule has 3 N–H and O–H groups in total. The maximum atomic E-state index is 13.3. The SMILES string of the molecule is CCN(CC)C(=O)C1(C(N)=O)CC1n1nc(C=Cc2ccc(F)cc2)c2c(OC)c(C(=O)O)ccc21. The van der Waals surface area contributed by atoms with Crippen molar-refractivity contribution < 1.29 is 28.6 Å². The second-order valence-corrected chi connectivity index (χ2v) is 8.59. The van der Waals surface area contributed by atoms with Crippen LogP contribution in [0.3, 0.4) is 0 Å². The molecule has 4 rings (SSSR count). The first-order valence-electron chi connectivity index (χ1n) is 11.5. The number of aromatic carboxylic acids is 1. The number of carboxylic acids is 1. The van der Waals surface area contributed by atoms with Crippen molar-refractivity contribution in [1.82, 2.24) is 14.7 Å². The number of primary amides is 1. The topological polar surface area (TPSA) is 128 Å². The molecule has 1 saturated carbocycles. The maximum Gasteiger partial charge on any atom is 0.339 e. The smallest absolute Gasteiger partial charge is 0.339 e. The minimum atomic E-state index is -1.44. The number of halogens is 1. The maximum absolute atomic E-state index is 13.3. The van der Waals surface area contributed by atoms with E-state index in [1.807, 2.05) is 13.8 Å². The zero-order valence-electron chi connectivity index (χ0n) is 20.2. The molecule has 1 aromatic heterocycles. The number of nitrogens with two attached hydrogens (primary N) is 1. The van der Waals surface area contributed by atoms with Crippen LogP contribution in [0.5, 0.6) is 5.75 Å². The van der Waals surface area contributed by atoms with Gasteiger partial charge in [0.25, 0.3) is 0 Å². The van der Waals surface area contributed by atoms with E-state index in [-0.39, 0.29) is 29.5 Å². The Morgan fingerprint density at radius 1 is 1.19 bits per heavy atom. The van der Waals surface area contributed by atoms with E-state index in [9.17, 15) is 23.9 Å². The van der Waals surface area contributed by atoms with E-state index >= 15 is 0 Å². The number of aromatic nitrogens is 2. The Morgan fingerprint density at radius 2 is 1.86 bits per heavy atom. The van der Waals surface area contributed by atoms with Crippen LogP contribution in [0.15, 0.2) is 36.4 Å². The van der Waals surface area contributed by atoms with Crippen molar-refractivity contribution in [2.24, 2.45) is 11.1 Å². The first-order chi connectivity index (χ1) is 17.2. The largest absolute Gasteiger partial charge is 0.495 e. The Hall–Kier alpha value is -4.21. The van der Waals surface area contributed by atoms with E-state index in [2.05, 4.69) is 5.10 Å². The highest BCUT2D eigenvalue weighted by atomic mass is 19.1. The number of rotatable bonds is 9. The van der Waals surface area contributed by atoms with Gasteiger partial charge in [0.1, 0.15) is 17.1 Å². The summed E-state index contributed by atoms with van der Waals surface area (Å²) in [6.07, 6.45) is 3.53. The van der Waals surface area contributed by atoms with Crippen LogP contribution in [0, 0.1) is 11.2 Å². The van der Waals surface area contributed by atoms with Gasteiger partial charge in [0.05, 0.1) is 29.7 Å². The van der Waals surface area contributed by atoms with Gasteiger partial charge in [0.15, 0.2) is 5.41 Å². The van der Waals surface area contributed by atoms with Crippen LogP contribution in [0.2, 0.25) is 0 Å². The normalized spacial score (nSPS) is 18.9. The standard InChI is InChI=1S/C26H27FN4O5/c1-4-30(5-2)25(35)26(24(28)34)14-20(26)31-19-13-11-17(23(32)33)22(36-3)21(19)18(29-31)12-8-15-6-9-16(27)10-7-15/h6-13,20H,4-5,14H2,1-3H3,(H2,28,34)(H,32,33). The predicted octanol–water partition coefficient (Wildman–Crippen LogP) is 3.34. The second-order valence-electron chi connectivity index (χ2n) is 8.59. The molecular weight excluding hydrogens is 467 g/mol. The van der Waals surface area contributed by atoms with Crippen LogP contribution >= 0.6 is 0 Å². The molecule has 0 spiro atoms. The highest BCUT2D eigenvalue weighted by Crippen LogP contribution is 2.58. The van der Waals surface area contributed by atoms with Crippen LogP contribution in [0.4, 0.5) is 4.39 Å². The fourth-order valence-corrected chi connectivity index (χ4v) is 4.65. The summed E-state index contributed by atoms with van der Waals surface area (Å²) in [7, 11) is 1.36. The highest BCUT2D eigenvalue weighted by molar-refractivity contribution is 6.09. The summed E-state index contributed by atoms with van der Waals surface area (Å²) < 4.78 is 20.3. The minimum Gasteiger partial charge on any atom is -0.495 e. The number of benzene rings is 2. The number of methoxy groups -OCH3 is 1. The molecule has 3 aromatic rings. The lowest BCUT2D eigenvalue weighted by Crippen LogP contribution is -2.44. The molecule has 1 heterocycles. The molecule has 1 aliphatic rings. The minimum absolute atomic E-state index is 0.0582. The summed E-state index contributed by atoms with van der Waals surface area (Å²) >= 11 is 0. The van der Waals surface area contributed by atoms with Crippen LogP contribution in [-0.4, -0.2) is 57.8 Å². The zero-order valence-corrected chi connectivity index (χ0v) is 20.2. The summed E-state index contributed by atoms with van der Waals surface area (Å²) in [5.41, 5.74) is 5.81. The Bertz CT molecular complexity index is 1380. The molecule has 2 aromatic carbocycles. The molecule has 2 unspecified atom stereocenters. The Balaban J connectivity index is 1.89. The van der Waals surface area contributed by atoms with Crippen molar-refractivity contribution in [2.45, 2.75) is 26.3 Å². The number of carbonyl (C=O) groups excluding carboxylic acids is 2.